The maximum Gasteiger partial charge on any atom is 0.450 e. The Bertz CT molecular complexity index is 1310. The van der Waals surface area contributed by atoms with Crippen molar-refractivity contribution >= 4 is 16.9 Å². The van der Waals surface area contributed by atoms with E-state index in [1.807, 2.05) is 6.92 Å². The normalized spacial score (nSPS) is 13.7. The third kappa shape index (κ3) is 4.27. The molecule has 10 heteroatoms. The molecule has 2 aromatic carbocycles. The number of aryl methyl sites for hydroxylation is 1. The van der Waals surface area contributed by atoms with E-state index in [9.17, 15) is 22.8 Å². The third-order valence-corrected chi connectivity index (χ3v) is 5.35. The van der Waals surface area contributed by atoms with Crippen LogP contribution >= 0.6 is 0 Å². The smallest absolute Gasteiger partial charge is 0.450 e. The van der Waals surface area contributed by atoms with Gasteiger partial charge in [0.15, 0.2) is 17.6 Å². The molecule has 0 spiro atoms. The second-order valence-corrected chi connectivity index (χ2v) is 7.69. The van der Waals surface area contributed by atoms with Gasteiger partial charge >= 0.3 is 12.1 Å². The number of fused-ring (bicyclic) bond motifs is 2. The van der Waals surface area contributed by atoms with Crippen molar-refractivity contribution in [2.45, 2.75) is 39.0 Å². The van der Waals surface area contributed by atoms with E-state index in [2.05, 4.69) is 4.74 Å². The van der Waals surface area contributed by atoms with E-state index < -0.39 is 35.0 Å². The summed E-state index contributed by atoms with van der Waals surface area (Å²) in [6.45, 7) is 3.28. The van der Waals surface area contributed by atoms with Crippen molar-refractivity contribution in [3.63, 3.8) is 0 Å². The minimum Gasteiger partial charge on any atom is -0.479 e. The Balaban J connectivity index is 1.95. The molecule has 0 amide bonds. The summed E-state index contributed by atoms with van der Waals surface area (Å²) >= 11 is 0. The number of halogens is 3. The number of esters is 1. The third-order valence-electron chi connectivity index (χ3n) is 5.35. The summed E-state index contributed by atoms with van der Waals surface area (Å²) in [7, 11) is 1.20. The van der Waals surface area contributed by atoms with Crippen molar-refractivity contribution in [2.75, 3.05) is 13.9 Å². The zero-order chi connectivity index (χ0) is 24.6. The molecule has 0 aliphatic carbocycles. The fourth-order valence-electron chi connectivity index (χ4n) is 3.76. The first kappa shape index (κ1) is 23.5. The van der Waals surface area contributed by atoms with Crippen LogP contribution in [0.5, 0.6) is 17.2 Å². The number of rotatable bonds is 6. The molecule has 1 aliphatic heterocycles. The van der Waals surface area contributed by atoms with Crippen LogP contribution in [-0.4, -0.2) is 26.0 Å². The number of carbonyl (C=O) groups is 1. The summed E-state index contributed by atoms with van der Waals surface area (Å²) in [4.78, 5) is 25.2. The highest BCUT2D eigenvalue weighted by Gasteiger charge is 2.40. The van der Waals surface area contributed by atoms with Crippen molar-refractivity contribution in [3.05, 3.63) is 51.9 Å². The molecule has 0 radical (unpaired) electrons. The SMILES string of the molecule is CCCc1cc2c(=O)c(-c3ccc4c(c3)OCO4)c(C(F)(F)F)oc2cc1O[C@H](C)C(=O)OC. The largest absolute Gasteiger partial charge is 0.479 e. The van der Waals surface area contributed by atoms with E-state index in [0.29, 0.717) is 24.2 Å². The molecule has 0 saturated carbocycles. The molecular formula is C24H21F3O7. The fourth-order valence-corrected chi connectivity index (χ4v) is 3.76. The Kier molecular flexibility index (Phi) is 6.16. The molecule has 0 fully saturated rings. The maximum atomic E-state index is 14.0. The zero-order valence-electron chi connectivity index (χ0n) is 18.6. The molecule has 1 aromatic heterocycles. The Morgan fingerprint density at radius 3 is 2.56 bits per heavy atom. The van der Waals surface area contributed by atoms with Crippen molar-refractivity contribution in [1.82, 2.24) is 0 Å². The molecule has 0 saturated heterocycles. The number of carbonyl (C=O) groups excluding carboxylic acids is 1. The highest BCUT2D eigenvalue weighted by molar-refractivity contribution is 5.86. The van der Waals surface area contributed by atoms with Gasteiger partial charge in [0.25, 0.3) is 0 Å². The molecule has 1 aliphatic rings. The number of hydrogen-bond donors (Lipinski definition) is 0. The summed E-state index contributed by atoms with van der Waals surface area (Å²) < 4.78 is 68.0. The number of benzene rings is 2. The highest BCUT2D eigenvalue weighted by atomic mass is 19.4. The van der Waals surface area contributed by atoms with Gasteiger partial charge in [-0.15, -0.1) is 0 Å². The molecule has 180 valence electrons. The standard InChI is InChI=1S/C24H21F3O7/c1-4-5-13-8-15-18(10-17(13)33-12(2)23(29)30-3)34-22(24(25,26)27)20(21(15)28)14-6-7-16-19(9-14)32-11-31-16/h6-10,12H,4-5,11H2,1-3H3/t12-/m1/s1. The molecule has 2 heterocycles. The van der Waals surface area contributed by atoms with E-state index in [1.165, 1.54) is 44.4 Å². The molecule has 0 bridgehead atoms. The molecule has 3 aromatic rings. The van der Waals surface area contributed by atoms with Gasteiger partial charge in [0.05, 0.1) is 18.1 Å². The monoisotopic (exact) mass is 478 g/mol. The van der Waals surface area contributed by atoms with Gasteiger partial charge < -0.3 is 23.4 Å². The van der Waals surface area contributed by atoms with Crippen molar-refractivity contribution < 1.29 is 41.3 Å². The van der Waals surface area contributed by atoms with Crippen LogP contribution in [-0.2, 0) is 22.1 Å². The van der Waals surface area contributed by atoms with Crippen LogP contribution in [0.4, 0.5) is 13.2 Å². The van der Waals surface area contributed by atoms with Crippen LogP contribution in [0.1, 0.15) is 31.6 Å². The summed E-state index contributed by atoms with van der Waals surface area (Å²) in [5.74, 6) is -1.36. The lowest BCUT2D eigenvalue weighted by Gasteiger charge is -2.18. The van der Waals surface area contributed by atoms with Gasteiger partial charge in [-0.1, -0.05) is 19.4 Å². The van der Waals surface area contributed by atoms with E-state index in [0.717, 1.165) is 0 Å². The zero-order valence-corrected chi connectivity index (χ0v) is 18.6. The molecule has 0 N–H and O–H groups in total. The molecule has 34 heavy (non-hydrogen) atoms. The van der Waals surface area contributed by atoms with Crippen LogP contribution < -0.4 is 19.6 Å². The second-order valence-electron chi connectivity index (χ2n) is 7.69. The van der Waals surface area contributed by atoms with Crippen LogP contribution in [0.15, 0.2) is 39.5 Å². The summed E-state index contributed by atoms with van der Waals surface area (Å²) in [5.41, 5.74) is -1.25. The minimum absolute atomic E-state index is 0.0103. The molecule has 0 unspecified atom stereocenters. The van der Waals surface area contributed by atoms with Crippen LogP contribution in [0.2, 0.25) is 0 Å². The highest BCUT2D eigenvalue weighted by Crippen LogP contribution is 2.41. The Labute approximate surface area is 192 Å². The van der Waals surface area contributed by atoms with Gasteiger partial charge in [0.2, 0.25) is 18.0 Å². The average molecular weight is 478 g/mol. The van der Waals surface area contributed by atoms with Gasteiger partial charge in [-0.25, -0.2) is 4.79 Å². The van der Waals surface area contributed by atoms with Gasteiger partial charge in [0, 0.05) is 6.07 Å². The molecule has 4 rings (SSSR count). The van der Waals surface area contributed by atoms with E-state index in [-0.39, 0.29) is 34.8 Å². The quantitative estimate of drug-likeness (QED) is 0.456. The van der Waals surface area contributed by atoms with E-state index >= 15 is 0 Å². The van der Waals surface area contributed by atoms with Gasteiger partial charge in [-0.05, 0) is 42.7 Å². The Hall–Kier alpha value is -3.69. The first-order valence-electron chi connectivity index (χ1n) is 10.5. The minimum atomic E-state index is -4.96. The Morgan fingerprint density at radius 1 is 1.15 bits per heavy atom. The van der Waals surface area contributed by atoms with Crippen molar-refractivity contribution in [2.24, 2.45) is 0 Å². The fraction of sp³-hybridized carbons (Fsp3) is 0.333. The Morgan fingerprint density at radius 2 is 1.88 bits per heavy atom. The van der Waals surface area contributed by atoms with Crippen LogP contribution in [0, 0.1) is 0 Å². The number of alkyl halides is 3. The van der Waals surface area contributed by atoms with Gasteiger partial charge in [-0.2, -0.15) is 13.2 Å². The summed E-state index contributed by atoms with van der Waals surface area (Å²) in [5, 5.41) is -0.0396. The number of ether oxygens (including phenoxy) is 4. The topological polar surface area (TPSA) is 84.2 Å². The first-order valence-corrected chi connectivity index (χ1v) is 10.5. The molecule has 1 atom stereocenters. The number of hydrogen-bond acceptors (Lipinski definition) is 7. The van der Waals surface area contributed by atoms with Gasteiger partial charge in [-0.3, -0.25) is 4.79 Å². The van der Waals surface area contributed by atoms with Gasteiger partial charge in [0.1, 0.15) is 11.3 Å². The summed E-state index contributed by atoms with van der Waals surface area (Å²) in [6, 6.07) is 6.76. The lowest BCUT2D eigenvalue weighted by atomic mass is 9.99. The van der Waals surface area contributed by atoms with Crippen LogP contribution in [0.25, 0.3) is 22.1 Å². The second kappa shape index (κ2) is 8.92. The lowest BCUT2D eigenvalue weighted by molar-refractivity contribution is -0.152. The van der Waals surface area contributed by atoms with E-state index in [1.54, 1.807) is 0 Å². The van der Waals surface area contributed by atoms with Crippen LogP contribution in [0.3, 0.4) is 0 Å². The lowest BCUT2D eigenvalue weighted by Crippen LogP contribution is -2.25. The van der Waals surface area contributed by atoms with Crippen molar-refractivity contribution in [3.8, 4) is 28.4 Å². The predicted octanol–water partition coefficient (Wildman–Crippen LogP) is 5.10. The van der Waals surface area contributed by atoms with E-state index in [4.69, 9.17) is 18.6 Å². The predicted molar refractivity (Wildman–Crippen MR) is 115 cm³/mol. The summed E-state index contributed by atoms with van der Waals surface area (Å²) in [6.07, 6.45) is -4.85. The maximum absolute atomic E-state index is 14.0. The number of methoxy groups -OCH3 is 1. The molecular weight excluding hydrogens is 457 g/mol. The average Bonchev–Trinajstić information content (AvgIpc) is 3.26. The molecule has 7 nitrogen and oxygen atoms in total. The van der Waals surface area contributed by atoms with Crippen molar-refractivity contribution in [1.29, 1.82) is 0 Å². The first-order chi connectivity index (χ1) is 16.1.